The number of nitrogens with one attached hydrogen (secondary N) is 1. The van der Waals surface area contributed by atoms with Crippen molar-refractivity contribution in [3.05, 3.63) is 63.3 Å². The summed E-state index contributed by atoms with van der Waals surface area (Å²) < 4.78 is 68.1. The highest BCUT2D eigenvalue weighted by Gasteiger charge is 2.38. The Morgan fingerprint density at radius 1 is 1.00 bits per heavy atom. The molecular formula is C37H49Cl2F3N8O7S. The molecule has 1 aliphatic heterocycles. The van der Waals surface area contributed by atoms with Gasteiger partial charge < -0.3 is 36.8 Å². The summed E-state index contributed by atoms with van der Waals surface area (Å²) >= 11 is 13.2. The number of fused-ring (bicyclic) bond motifs is 1. The molecule has 21 heteroatoms. The van der Waals surface area contributed by atoms with Gasteiger partial charge in [0.25, 0.3) is 0 Å². The van der Waals surface area contributed by atoms with Crippen molar-refractivity contribution in [1.82, 2.24) is 19.5 Å². The van der Waals surface area contributed by atoms with Crippen LogP contribution in [0.4, 0.5) is 13.2 Å². The fourth-order valence-corrected chi connectivity index (χ4v) is 8.15. The fraction of sp³-hybridized carbons (Fsp3) is 0.486. The lowest BCUT2D eigenvalue weighted by molar-refractivity contribution is -0.192. The van der Waals surface area contributed by atoms with E-state index in [0.717, 1.165) is 23.1 Å². The molecular weight excluding hydrogens is 828 g/mol. The average Bonchev–Trinajstić information content (AvgIpc) is 3.15. The molecule has 2 aromatic carbocycles. The van der Waals surface area contributed by atoms with Crippen LogP contribution in [-0.4, -0.2) is 103 Å². The number of aliphatic imine (C=N–C) groups is 1. The largest absolute Gasteiger partial charge is 0.490 e. The van der Waals surface area contributed by atoms with E-state index in [0.29, 0.717) is 43.5 Å². The van der Waals surface area contributed by atoms with Crippen LogP contribution in [0.25, 0.3) is 10.9 Å². The Morgan fingerprint density at radius 2 is 1.62 bits per heavy atom. The molecule has 2 amide bonds. The molecule has 1 saturated heterocycles. The normalized spacial score (nSPS) is 14.3. The number of piperazine rings is 1. The second-order valence-corrected chi connectivity index (χ2v) is 16.0. The standard InChI is InChI=1S/C35H48Cl2N8O5S.C2HF3O2/c1-4-5-11-28(34(47)45-18-16-44(17-19-45)33(46)27(38)10-6-7-15-41-35(39)40)43-51(48,49)30-14-13-26(36)25(31(30)37)21-50-29-12-8-9-24-22(2)20-23(3)42-32(24)29;3-2(4,5)1(6)7/h8-9,12-14,20,27-28,43H,4-7,10-11,15-19,21,38H2,1-3H3,(H4,39,40,41);(H,6,7)/t27-,28-;/m0./s1. The smallest absolute Gasteiger partial charge is 0.487 e. The second kappa shape index (κ2) is 21.5. The van der Waals surface area contributed by atoms with Crippen molar-refractivity contribution in [1.29, 1.82) is 0 Å². The molecule has 58 heavy (non-hydrogen) atoms. The van der Waals surface area contributed by atoms with Crippen molar-refractivity contribution in [2.75, 3.05) is 32.7 Å². The van der Waals surface area contributed by atoms with E-state index in [9.17, 15) is 31.2 Å². The van der Waals surface area contributed by atoms with Crippen molar-refractivity contribution in [2.45, 2.75) is 89.1 Å². The number of unbranched alkanes of at least 4 members (excludes halogenated alkanes) is 2. The Hall–Kier alpha value is -4.43. The highest BCUT2D eigenvalue weighted by Crippen LogP contribution is 2.34. The van der Waals surface area contributed by atoms with E-state index in [1.807, 2.05) is 39.0 Å². The van der Waals surface area contributed by atoms with E-state index in [2.05, 4.69) is 14.7 Å². The number of rotatable bonds is 16. The summed E-state index contributed by atoms with van der Waals surface area (Å²) in [5, 5.41) is 8.19. The quantitative estimate of drug-likeness (QED) is 0.0755. The maximum absolute atomic E-state index is 13.8. The van der Waals surface area contributed by atoms with Gasteiger partial charge in [-0.1, -0.05) is 55.1 Å². The van der Waals surface area contributed by atoms with Crippen molar-refractivity contribution in [2.24, 2.45) is 22.2 Å². The number of pyridine rings is 1. The Kier molecular flexibility index (Phi) is 17.8. The number of hydrogen-bond donors (Lipinski definition) is 5. The summed E-state index contributed by atoms with van der Waals surface area (Å²) in [7, 11) is -4.28. The second-order valence-electron chi connectivity index (χ2n) is 13.5. The number of aliphatic carboxylic acids is 1. The summed E-state index contributed by atoms with van der Waals surface area (Å²) in [5.41, 5.74) is 19.7. The lowest BCUT2D eigenvalue weighted by atomic mass is 10.1. The van der Waals surface area contributed by atoms with Gasteiger partial charge in [0.2, 0.25) is 21.8 Å². The van der Waals surface area contributed by atoms with Crippen LogP contribution in [0.2, 0.25) is 10.0 Å². The van der Waals surface area contributed by atoms with Crippen LogP contribution >= 0.6 is 23.2 Å². The number of hydrogen-bond acceptors (Lipinski definition) is 9. The van der Waals surface area contributed by atoms with Gasteiger partial charge in [0.05, 0.1) is 11.1 Å². The van der Waals surface area contributed by atoms with E-state index < -0.39 is 34.3 Å². The van der Waals surface area contributed by atoms with Crippen molar-refractivity contribution >= 4 is 67.9 Å². The summed E-state index contributed by atoms with van der Waals surface area (Å²) in [6.45, 7) is 7.28. The summed E-state index contributed by atoms with van der Waals surface area (Å²) in [6.07, 6.45) is -1.56. The number of para-hydroxylation sites is 1. The number of carboxylic acids is 1. The van der Waals surface area contributed by atoms with Crippen LogP contribution in [0.15, 0.2) is 46.3 Å². The minimum absolute atomic E-state index is 0.0253. The zero-order valence-corrected chi connectivity index (χ0v) is 34.6. The first-order valence-electron chi connectivity index (χ1n) is 18.4. The van der Waals surface area contributed by atoms with Gasteiger partial charge in [-0.3, -0.25) is 14.6 Å². The van der Waals surface area contributed by atoms with E-state index in [4.69, 9.17) is 55.0 Å². The maximum Gasteiger partial charge on any atom is 0.490 e. The molecule has 0 spiro atoms. The van der Waals surface area contributed by atoms with E-state index in [1.165, 1.54) is 12.1 Å². The number of carbonyl (C=O) groups excluding carboxylic acids is 2. The minimum Gasteiger partial charge on any atom is -0.487 e. The lowest BCUT2D eigenvalue weighted by Crippen LogP contribution is -2.57. The highest BCUT2D eigenvalue weighted by atomic mass is 35.5. The third-order valence-corrected chi connectivity index (χ3v) is 11.5. The molecule has 0 radical (unpaired) electrons. The third-order valence-electron chi connectivity index (χ3n) is 9.07. The van der Waals surface area contributed by atoms with Crippen LogP contribution < -0.4 is 26.7 Å². The molecule has 15 nitrogen and oxygen atoms in total. The van der Waals surface area contributed by atoms with Gasteiger partial charge in [0.15, 0.2) is 5.96 Å². The van der Waals surface area contributed by atoms with Crippen LogP contribution in [0, 0.1) is 13.8 Å². The molecule has 2 heterocycles. The molecule has 4 rings (SSSR count). The number of aromatic nitrogens is 1. The third kappa shape index (κ3) is 13.6. The number of sulfonamides is 1. The van der Waals surface area contributed by atoms with Crippen LogP contribution in [0.1, 0.15) is 62.3 Å². The first-order valence-corrected chi connectivity index (χ1v) is 20.6. The number of guanidine groups is 1. The number of aryl methyl sites for hydroxylation is 2. The topological polar surface area (TPSA) is 237 Å². The number of carbonyl (C=O) groups is 3. The molecule has 0 unspecified atom stereocenters. The zero-order valence-electron chi connectivity index (χ0n) is 32.3. The molecule has 2 atom stereocenters. The Balaban J connectivity index is 0.00000117. The lowest BCUT2D eigenvalue weighted by Gasteiger charge is -2.37. The first-order chi connectivity index (χ1) is 27.2. The van der Waals surface area contributed by atoms with Gasteiger partial charge in [0, 0.05) is 54.4 Å². The van der Waals surface area contributed by atoms with Gasteiger partial charge in [-0.05, 0) is 69.4 Å². The Labute approximate surface area is 345 Å². The van der Waals surface area contributed by atoms with Crippen molar-refractivity contribution in [3.63, 3.8) is 0 Å². The monoisotopic (exact) mass is 876 g/mol. The zero-order chi connectivity index (χ0) is 43.4. The Morgan fingerprint density at radius 3 is 2.21 bits per heavy atom. The number of ether oxygens (including phenoxy) is 1. The number of alkyl halides is 3. The molecule has 1 aliphatic rings. The van der Waals surface area contributed by atoms with Gasteiger partial charge >= 0.3 is 12.1 Å². The number of amides is 2. The summed E-state index contributed by atoms with van der Waals surface area (Å²) in [4.78, 5) is 47.2. The van der Waals surface area contributed by atoms with Gasteiger partial charge in [-0.25, -0.2) is 18.2 Å². The molecule has 0 aliphatic carbocycles. The van der Waals surface area contributed by atoms with Gasteiger partial charge in [0.1, 0.15) is 28.8 Å². The molecule has 1 fully saturated rings. The van der Waals surface area contributed by atoms with Crippen LogP contribution in [0.3, 0.4) is 0 Å². The Bertz CT molecular complexity index is 2060. The maximum atomic E-state index is 13.8. The van der Waals surface area contributed by atoms with E-state index in [1.54, 1.807) is 15.9 Å². The fourth-order valence-electron chi connectivity index (χ4n) is 6.04. The highest BCUT2D eigenvalue weighted by molar-refractivity contribution is 7.89. The van der Waals surface area contributed by atoms with Crippen LogP contribution in [0.5, 0.6) is 5.75 Å². The van der Waals surface area contributed by atoms with E-state index in [-0.39, 0.29) is 77.5 Å². The number of carboxylic acid groups (broad SMARTS) is 1. The van der Waals surface area contributed by atoms with E-state index >= 15 is 0 Å². The summed E-state index contributed by atoms with van der Waals surface area (Å²) in [5.74, 6) is -2.78. The molecule has 8 N–H and O–H groups in total. The van der Waals surface area contributed by atoms with Crippen molar-refractivity contribution < 1.29 is 45.8 Å². The van der Waals surface area contributed by atoms with Gasteiger partial charge in [-0.15, -0.1) is 0 Å². The average molecular weight is 878 g/mol. The molecule has 320 valence electrons. The molecule has 0 bridgehead atoms. The summed E-state index contributed by atoms with van der Waals surface area (Å²) in [6, 6.07) is 8.64. The SMILES string of the molecule is CCCC[C@H](NS(=O)(=O)c1ccc(Cl)c(COc2cccc3c(C)cc(C)nc23)c1Cl)C(=O)N1CCN(C(=O)[C@@H](N)CCCCN=C(N)N)CC1.O=C(O)C(F)(F)F. The predicted octanol–water partition coefficient (Wildman–Crippen LogP) is 4.65. The number of benzene rings is 2. The predicted molar refractivity (Wildman–Crippen MR) is 215 cm³/mol. The minimum atomic E-state index is -5.08. The first kappa shape index (κ1) is 47.9. The molecule has 1 aromatic heterocycles. The van der Waals surface area contributed by atoms with Gasteiger partial charge in [-0.2, -0.15) is 17.9 Å². The number of nitrogens with zero attached hydrogens (tertiary/aromatic N) is 4. The number of halogens is 5. The molecule has 3 aromatic rings. The number of nitrogens with two attached hydrogens (primary N) is 3. The van der Waals surface area contributed by atoms with Crippen LogP contribution in [-0.2, 0) is 31.0 Å². The van der Waals surface area contributed by atoms with Crippen molar-refractivity contribution in [3.8, 4) is 5.75 Å². The molecule has 0 saturated carbocycles.